The van der Waals surface area contributed by atoms with E-state index >= 15 is 0 Å². The standard InChI is InChI=1S/C20H26ClN5/c1-20(2,3)26-12-10-25(11-13-26)16(14-22)17-18(21)24(4)19(23-17)15-8-6-5-7-9-15/h5-9,16H,10-13H2,1-4H3. The molecule has 3 rings (SSSR count). The molecule has 0 amide bonds. The summed E-state index contributed by atoms with van der Waals surface area (Å²) in [6.45, 7) is 10.2. The molecule has 1 saturated heterocycles. The highest BCUT2D eigenvalue weighted by Crippen LogP contribution is 2.32. The van der Waals surface area contributed by atoms with Crippen molar-refractivity contribution in [1.29, 1.82) is 5.26 Å². The van der Waals surface area contributed by atoms with Gasteiger partial charge in [-0.1, -0.05) is 41.9 Å². The molecule has 2 heterocycles. The third-order valence-electron chi connectivity index (χ3n) is 5.09. The second-order valence-electron chi connectivity index (χ2n) is 7.76. The number of nitriles is 1. The summed E-state index contributed by atoms with van der Waals surface area (Å²) in [5, 5.41) is 10.4. The Morgan fingerprint density at radius 2 is 1.73 bits per heavy atom. The maximum absolute atomic E-state index is 9.84. The SMILES string of the molecule is Cn1c(-c2ccccc2)nc(C(C#N)N2CCN(C(C)(C)C)CC2)c1Cl. The fourth-order valence-electron chi connectivity index (χ4n) is 3.49. The van der Waals surface area contributed by atoms with E-state index in [9.17, 15) is 5.26 Å². The van der Waals surface area contributed by atoms with Gasteiger partial charge in [-0.3, -0.25) is 9.80 Å². The third kappa shape index (κ3) is 3.64. The van der Waals surface area contributed by atoms with Gasteiger partial charge < -0.3 is 4.57 Å². The molecule has 0 spiro atoms. The van der Waals surface area contributed by atoms with Crippen molar-refractivity contribution in [2.45, 2.75) is 32.4 Å². The van der Waals surface area contributed by atoms with Crippen molar-refractivity contribution in [2.75, 3.05) is 26.2 Å². The van der Waals surface area contributed by atoms with Gasteiger partial charge in [0.1, 0.15) is 22.7 Å². The molecule has 1 atom stereocenters. The van der Waals surface area contributed by atoms with E-state index in [1.807, 2.05) is 41.9 Å². The van der Waals surface area contributed by atoms with Gasteiger partial charge in [0.2, 0.25) is 0 Å². The van der Waals surface area contributed by atoms with Crippen molar-refractivity contribution < 1.29 is 0 Å². The first-order valence-corrected chi connectivity index (χ1v) is 9.37. The van der Waals surface area contributed by atoms with Crippen LogP contribution in [-0.2, 0) is 7.05 Å². The number of piperazine rings is 1. The van der Waals surface area contributed by atoms with Crippen LogP contribution in [0.25, 0.3) is 11.4 Å². The second-order valence-corrected chi connectivity index (χ2v) is 8.12. The van der Waals surface area contributed by atoms with Crippen molar-refractivity contribution in [3.63, 3.8) is 0 Å². The molecule has 1 aromatic heterocycles. The lowest BCUT2D eigenvalue weighted by molar-refractivity contribution is 0.0514. The fraction of sp³-hybridized carbons (Fsp3) is 0.500. The van der Waals surface area contributed by atoms with Gasteiger partial charge in [0, 0.05) is 44.3 Å². The van der Waals surface area contributed by atoms with Gasteiger partial charge in [0.15, 0.2) is 0 Å². The molecule has 6 heteroatoms. The molecule has 1 aliphatic heterocycles. The maximum atomic E-state index is 9.84. The molecule has 2 aromatic rings. The van der Waals surface area contributed by atoms with Crippen LogP contribution in [0.1, 0.15) is 32.5 Å². The Balaban J connectivity index is 1.85. The van der Waals surface area contributed by atoms with Gasteiger partial charge in [0.25, 0.3) is 0 Å². The van der Waals surface area contributed by atoms with Crippen molar-refractivity contribution in [3.05, 3.63) is 41.2 Å². The fourth-order valence-corrected chi connectivity index (χ4v) is 3.71. The van der Waals surface area contributed by atoms with E-state index in [-0.39, 0.29) is 5.54 Å². The van der Waals surface area contributed by atoms with Crippen LogP contribution < -0.4 is 0 Å². The number of hydrogen-bond donors (Lipinski definition) is 0. The summed E-state index contributed by atoms with van der Waals surface area (Å²) in [5.41, 5.74) is 1.80. The predicted octanol–water partition coefficient (Wildman–Crippen LogP) is 3.72. The number of imidazole rings is 1. The molecule has 0 bridgehead atoms. The van der Waals surface area contributed by atoms with Crippen molar-refractivity contribution in [3.8, 4) is 17.5 Å². The number of halogens is 1. The van der Waals surface area contributed by atoms with Crippen LogP contribution in [-0.4, -0.2) is 51.1 Å². The Bertz CT molecular complexity index is 792. The lowest BCUT2D eigenvalue weighted by atomic mass is 10.0. The molecular formula is C20H26ClN5. The highest BCUT2D eigenvalue weighted by atomic mass is 35.5. The molecule has 5 nitrogen and oxygen atoms in total. The lowest BCUT2D eigenvalue weighted by Gasteiger charge is -2.43. The minimum Gasteiger partial charge on any atom is -0.318 e. The second kappa shape index (κ2) is 7.40. The van der Waals surface area contributed by atoms with Gasteiger partial charge >= 0.3 is 0 Å². The molecule has 0 N–H and O–H groups in total. The quantitative estimate of drug-likeness (QED) is 0.825. The van der Waals surface area contributed by atoms with Gasteiger partial charge in [-0.25, -0.2) is 4.98 Å². The normalized spacial score (nSPS) is 17.8. The Kier molecular flexibility index (Phi) is 5.38. The highest BCUT2D eigenvalue weighted by Gasteiger charge is 2.32. The van der Waals surface area contributed by atoms with Crippen LogP contribution in [0.3, 0.4) is 0 Å². The van der Waals surface area contributed by atoms with Crippen LogP contribution >= 0.6 is 11.6 Å². The van der Waals surface area contributed by atoms with E-state index in [4.69, 9.17) is 16.6 Å². The van der Waals surface area contributed by atoms with Gasteiger partial charge in [-0.15, -0.1) is 0 Å². The Labute approximate surface area is 160 Å². The molecule has 0 aliphatic carbocycles. The number of benzene rings is 1. The lowest BCUT2D eigenvalue weighted by Crippen LogP contribution is -2.53. The molecule has 1 aromatic carbocycles. The molecule has 1 aliphatic rings. The molecular weight excluding hydrogens is 346 g/mol. The van der Waals surface area contributed by atoms with E-state index in [0.29, 0.717) is 10.8 Å². The minimum absolute atomic E-state index is 0.150. The zero-order valence-electron chi connectivity index (χ0n) is 15.9. The summed E-state index contributed by atoms with van der Waals surface area (Å²) < 4.78 is 1.86. The summed E-state index contributed by atoms with van der Waals surface area (Å²) in [6.07, 6.45) is 0. The van der Waals surface area contributed by atoms with Gasteiger partial charge in [0.05, 0.1) is 6.07 Å². The smallest absolute Gasteiger partial charge is 0.144 e. The van der Waals surface area contributed by atoms with Crippen molar-refractivity contribution in [1.82, 2.24) is 19.4 Å². The summed E-state index contributed by atoms with van der Waals surface area (Å²) in [6, 6.07) is 11.9. The number of hydrogen-bond acceptors (Lipinski definition) is 4. The number of aromatic nitrogens is 2. The van der Waals surface area contributed by atoms with Gasteiger partial charge in [-0.05, 0) is 20.8 Å². The number of nitrogens with zero attached hydrogens (tertiary/aromatic N) is 5. The molecule has 0 radical (unpaired) electrons. The average Bonchev–Trinajstić information content (AvgIpc) is 2.92. The minimum atomic E-state index is -0.423. The third-order valence-corrected chi connectivity index (χ3v) is 5.54. The van der Waals surface area contributed by atoms with Crippen molar-refractivity contribution in [2.24, 2.45) is 7.05 Å². The summed E-state index contributed by atoms with van der Waals surface area (Å²) >= 11 is 6.57. The molecule has 138 valence electrons. The first-order valence-electron chi connectivity index (χ1n) is 8.99. The van der Waals surface area contributed by atoms with E-state index in [2.05, 4.69) is 36.6 Å². The molecule has 1 fully saturated rings. The zero-order valence-corrected chi connectivity index (χ0v) is 16.7. The van der Waals surface area contributed by atoms with Crippen LogP contribution in [0.15, 0.2) is 30.3 Å². The number of rotatable bonds is 3. The van der Waals surface area contributed by atoms with E-state index in [1.165, 1.54) is 0 Å². The van der Waals surface area contributed by atoms with Gasteiger partial charge in [-0.2, -0.15) is 5.26 Å². The van der Waals surface area contributed by atoms with Crippen LogP contribution in [0.2, 0.25) is 5.15 Å². The summed E-state index contributed by atoms with van der Waals surface area (Å²) in [7, 11) is 1.90. The first kappa shape index (κ1) is 18.9. The van der Waals surface area contributed by atoms with E-state index in [0.717, 1.165) is 37.6 Å². The molecule has 0 saturated carbocycles. The molecule has 1 unspecified atom stereocenters. The Hall–Kier alpha value is -1.87. The topological polar surface area (TPSA) is 48.1 Å². The monoisotopic (exact) mass is 371 g/mol. The summed E-state index contributed by atoms with van der Waals surface area (Å²) in [4.78, 5) is 9.38. The zero-order chi connectivity index (χ0) is 18.9. The Morgan fingerprint density at radius 1 is 1.12 bits per heavy atom. The molecule has 26 heavy (non-hydrogen) atoms. The first-order chi connectivity index (χ1) is 12.3. The predicted molar refractivity (Wildman–Crippen MR) is 105 cm³/mol. The van der Waals surface area contributed by atoms with Crippen molar-refractivity contribution >= 4 is 11.6 Å². The average molecular weight is 372 g/mol. The van der Waals surface area contributed by atoms with Crippen LogP contribution in [0, 0.1) is 11.3 Å². The maximum Gasteiger partial charge on any atom is 0.144 e. The largest absolute Gasteiger partial charge is 0.318 e. The highest BCUT2D eigenvalue weighted by molar-refractivity contribution is 6.30. The van der Waals surface area contributed by atoms with E-state index in [1.54, 1.807) is 0 Å². The van der Waals surface area contributed by atoms with E-state index < -0.39 is 6.04 Å². The summed E-state index contributed by atoms with van der Waals surface area (Å²) in [5.74, 6) is 0.791. The van der Waals surface area contributed by atoms with Crippen LogP contribution in [0.5, 0.6) is 0 Å². The Morgan fingerprint density at radius 3 is 2.27 bits per heavy atom. The van der Waals surface area contributed by atoms with Crippen LogP contribution in [0.4, 0.5) is 0 Å².